The highest BCUT2D eigenvalue weighted by molar-refractivity contribution is 6.01. The van der Waals surface area contributed by atoms with Crippen molar-refractivity contribution >= 4 is 11.8 Å². The minimum atomic E-state index is -0.465. The highest BCUT2D eigenvalue weighted by atomic mass is 16.5. The average molecular weight is 471 g/mol. The van der Waals surface area contributed by atoms with Crippen molar-refractivity contribution in [3.05, 3.63) is 77.0 Å². The van der Waals surface area contributed by atoms with Gasteiger partial charge in [-0.05, 0) is 67.5 Å². The number of benzene rings is 2. The standard InChI is InChI=1S/C28H30N4O3/c1-18-10-13-25(27(33)31-18)32-17-21-14-22(11-12-23(21)28(32)34)35-26-9-5-4-8-24(26)30-16-20-7-3-2-6-19(20)15-29/h2-3,6-7,11-12,14,24-26,30H,1,4-5,8-10,13,16-17H2,(H,31,33)/t24-,25?,26+/m1/s1. The Morgan fingerprint density at radius 3 is 2.80 bits per heavy atom. The number of fused-ring (bicyclic) bond motifs is 1. The highest BCUT2D eigenvalue weighted by Crippen LogP contribution is 2.32. The van der Waals surface area contributed by atoms with Gasteiger partial charge in [0.25, 0.3) is 5.91 Å². The largest absolute Gasteiger partial charge is 0.489 e. The van der Waals surface area contributed by atoms with E-state index in [0.29, 0.717) is 42.8 Å². The molecule has 1 saturated heterocycles. The van der Waals surface area contributed by atoms with Crippen LogP contribution in [-0.4, -0.2) is 34.9 Å². The molecule has 2 aromatic rings. The van der Waals surface area contributed by atoms with Crippen molar-refractivity contribution in [1.82, 2.24) is 15.5 Å². The van der Waals surface area contributed by atoms with E-state index < -0.39 is 6.04 Å². The summed E-state index contributed by atoms with van der Waals surface area (Å²) >= 11 is 0. The molecule has 0 radical (unpaired) electrons. The van der Waals surface area contributed by atoms with E-state index in [1.807, 2.05) is 42.5 Å². The van der Waals surface area contributed by atoms with Crippen LogP contribution in [0.2, 0.25) is 0 Å². The number of nitrogens with one attached hydrogen (secondary N) is 2. The Balaban J connectivity index is 1.26. The van der Waals surface area contributed by atoms with Crippen LogP contribution in [0.1, 0.15) is 65.6 Å². The van der Waals surface area contributed by atoms with Gasteiger partial charge in [0.15, 0.2) is 0 Å². The normalized spacial score (nSPS) is 24.0. The number of carbonyl (C=O) groups excluding carboxylic acids is 2. The third kappa shape index (κ3) is 4.80. The maximum Gasteiger partial charge on any atom is 0.255 e. The molecular formula is C28H30N4O3. The van der Waals surface area contributed by atoms with E-state index in [4.69, 9.17) is 4.74 Å². The molecule has 2 aromatic carbocycles. The van der Waals surface area contributed by atoms with Crippen molar-refractivity contribution in [2.24, 2.45) is 0 Å². The summed E-state index contributed by atoms with van der Waals surface area (Å²) in [5.74, 6) is 0.483. The second-order valence-electron chi connectivity index (χ2n) is 9.60. The Hall–Kier alpha value is -3.63. The van der Waals surface area contributed by atoms with Crippen LogP contribution in [0.15, 0.2) is 54.7 Å². The van der Waals surface area contributed by atoms with Crippen molar-refractivity contribution in [3.8, 4) is 11.8 Å². The molecule has 2 heterocycles. The predicted molar refractivity (Wildman–Crippen MR) is 131 cm³/mol. The number of nitrogens with zero attached hydrogens (tertiary/aromatic N) is 2. The molecule has 0 spiro atoms. The lowest BCUT2D eigenvalue weighted by Crippen LogP contribution is -2.49. The number of carbonyl (C=O) groups is 2. The summed E-state index contributed by atoms with van der Waals surface area (Å²) < 4.78 is 6.44. The van der Waals surface area contributed by atoms with Gasteiger partial charge < -0.3 is 20.3 Å². The van der Waals surface area contributed by atoms with Crippen molar-refractivity contribution in [1.29, 1.82) is 5.26 Å². The van der Waals surface area contributed by atoms with E-state index in [0.717, 1.165) is 42.6 Å². The fraction of sp³-hybridized carbons (Fsp3) is 0.393. The summed E-state index contributed by atoms with van der Waals surface area (Å²) in [6.07, 6.45) is 5.50. The van der Waals surface area contributed by atoms with E-state index in [1.54, 1.807) is 4.90 Å². The van der Waals surface area contributed by atoms with Gasteiger partial charge in [-0.1, -0.05) is 31.2 Å². The van der Waals surface area contributed by atoms with Crippen molar-refractivity contribution in [2.45, 2.75) is 69.8 Å². The molecule has 0 aromatic heterocycles. The van der Waals surface area contributed by atoms with Gasteiger partial charge in [-0.25, -0.2) is 0 Å². The van der Waals surface area contributed by atoms with Crippen LogP contribution in [-0.2, 0) is 17.9 Å². The molecule has 2 amide bonds. The topological polar surface area (TPSA) is 94.5 Å². The van der Waals surface area contributed by atoms with Crippen molar-refractivity contribution in [2.75, 3.05) is 0 Å². The summed E-state index contributed by atoms with van der Waals surface area (Å²) in [5, 5.41) is 15.8. The summed E-state index contributed by atoms with van der Waals surface area (Å²) in [7, 11) is 0. The van der Waals surface area contributed by atoms with Crippen molar-refractivity contribution in [3.63, 3.8) is 0 Å². The fourth-order valence-corrected chi connectivity index (χ4v) is 5.37. The first-order valence-electron chi connectivity index (χ1n) is 12.3. The monoisotopic (exact) mass is 470 g/mol. The molecule has 7 heteroatoms. The number of nitriles is 1. The molecule has 0 bridgehead atoms. The number of hydrogen-bond acceptors (Lipinski definition) is 5. The first-order valence-corrected chi connectivity index (χ1v) is 12.3. The van der Waals surface area contributed by atoms with E-state index in [9.17, 15) is 14.9 Å². The minimum Gasteiger partial charge on any atom is -0.489 e. The van der Waals surface area contributed by atoms with Crippen LogP contribution in [0, 0.1) is 11.3 Å². The SMILES string of the molecule is C=C1CCC(N2Cc3cc(O[C@H]4CCCC[C@H]4NCc4ccccc4C#N)ccc3C2=O)C(=O)N1. The first kappa shape index (κ1) is 23.1. The Kier molecular flexibility index (Phi) is 6.56. The van der Waals surface area contributed by atoms with Crippen LogP contribution in [0.25, 0.3) is 0 Å². The maximum absolute atomic E-state index is 13.0. The van der Waals surface area contributed by atoms with Crippen LogP contribution in [0.4, 0.5) is 0 Å². The van der Waals surface area contributed by atoms with Gasteiger partial charge in [0.05, 0.1) is 11.6 Å². The van der Waals surface area contributed by atoms with Gasteiger partial charge in [0.2, 0.25) is 5.91 Å². The lowest BCUT2D eigenvalue weighted by atomic mass is 9.92. The lowest BCUT2D eigenvalue weighted by Gasteiger charge is -2.33. The Labute approximate surface area is 205 Å². The van der Waals surface area contributed by atoms with E-state index in [2.05, 4.69) is 23.3 Å². The highest BCUT2D eigenvalue weighted by Gasteiger charge is 2.38. The predicted octanol–water partition coefficient (Wildman–Crippen LogP) is 3.79. The quantitative estimate of drug-likeness (QED) is 0.670. The third-order valence-electron chi connectivity index (χ3n) is 7.29. The molecule has 5 rings (SSSR count). The van der Waals surface area contributed by atoms with E-state index in [1.165, 1.54) is 0 Å². The van der Waals surface area contributed by atoms with Gasteiger partial charge in [-0.3, -0.25) is 9.59 Å². The molecule has 2 aliphatic heterocycles. The van der Waals surface area contributed by atoms with Gasteiger partial charge in [0, 0.05) is 30.4 Å². The lowest BCUT2D eigenvalue weighted by molar-refractivity contribution is -0.126. The minimum absolute atomic E-state index is 0.0133. The summed E-state index contributed by atoms with van der Waals surface area (Å²) in [6, 6.07) is 15.3. The van der Waals surface area contributed by atoms with Crippen LogP contribution >= 0.6 is 0 Å². The van der Waals surface area contributed by atoms with E-state index in [-0.39, 0.29) is 24.0 Å². The van der Waals surface area contributed by atoms with E-state index >= 15 is 0 Å². The number of amides is 2. The maximum atomic E-state index is 13.0. The zero-order valence-corrected chi connectivity index (χ0v) is 19.8. The summed E-state index contributed by atoms with van der Waals surface area (Å²) in [5.41, 5.74) is 3.93. The second-order valence-corrected chi connectivity index (χ2v) is 9.60. The molecule has 35 heavy (non-hydrogen) atoms. The molecule has 3 atom stereocenters. The van der Waals surface area contributed by atoms with Crippen LogP contribution in [0.3, 0.4) is 0 Å². The second kappa shape index (κ2) is 9.93. The Morgan fingerprint density at radius 2 is 1.97 bits per heavy atom. The number of allylic oxidation sites excluding steroid dienone is 1. The summed E-state index contributed by atoms with van der Waals surface area (Å²) in [4.78, 5) is 27.1. The molecule has 3 aliphatic rings. The number of ether oxygens (including phenoxy) is 1. The average Bonchev–Trinajstić information content (AvgIpc) is 3.19. The fourth-order valence-electron chi connectivity index (χ4n) is 5.37. The molecule has 2 fully saturated rings. The molecule has 1 unspecified atom stereocenters. The summed E-state index contributed by atoms with van der Waals surface area (Å²) in [6.45, 7) is 4.86. The van der Waals surface area contributed by atoms with Crippen molar-refractivity contribution < 1.29 is 14.3 Å². The molecule has 1 aliphatic carbocycles. The zero-order chi connectivity index (χ0) is 24.4. The smallest absolute Gasteiger partial charge is 0.255 e. The third-order valence-corrected chi connectivity index (χ3v) is 7.29. The first-order chi connectivity index (χ1) is 17.0. The Bertz CT molecular complexity index is 1200. The molecule has 7 nitrogen and oxygen atoms in total. The molecule has 2 N–H and O–H groups in total. The van der Waals surface area contributed by atoms with Gasteiger partial charge in [-0.15, -0.1) is 0 Å². The number of rotatable bonds is 6. The van der Waals surface area contributed by atoms with Gasteiger partial charge in [-0.2, -0.15) is 5.26 Å². The van der Waals surface area contributed by atoms with Crippen LogP contribution < -0.4 is 15.4 Å². The zero-order valence-electron chi connectivity index (χ0n) is 19.8. The number of piperidine rings is 1. The number of hydrogen-bond donors (Lipinski definition) is 2. The molecule has 1 saturated carbocycles. The van der Waals surface area contributed by atoms with Gasteiger partial charge in [0.1, 0.15) is 17.9 Å². The van der Waals surface area contributed by atoms with Gasteiger partial charge >= 0.3 is 0 Å². The molecule has 180 valence electrons. The Morgan fingerprint density at radius 1 is 1.14 bits per heavy atom. The molecular weight excluding hydrogens is 440 g/mol. The van der Waals surface area contributed by atoms with Crippen LogP contribution in [0.5, 0.6) is 5.75 Å².